The number of halogens is 2. The number of rotatable bonds is 2. The van der Waals surface area contributed by atoms with Gasteiger partial charge in [-0.3, -0.25) is 0 Å². The predicted molar refractivity (Wildman–Crippen MR) is 88.7 cm³/mol. The van der Waals surface area contributed by atoms with E-state index in [1.807, 2.05) is 7.76 Å². The van der Waals surface area contributed by atoms with Gasteiger partial charge in [-0.2, -0.15) is 0 Å². The van der Waals surface area contributed by atoms with E-state index in [1.54, 1.807) is 11.1 Å². The molecule has 0 heterocycles. The second-order valence-corrected chi connectivity index (χ2v) is 18.3. The van der Waals surface area contributed by atoms with Crippen molar-refractivity contribution in [1.82, 2.24) is 0 Å². The molecule has 0 aliphatic heterocycles. The molecule has 0 bridgehead atoms. The van der Waals surface area contributed by atoms with Crippen LogP contribution in [0.5, 0.6) is 0 Å². The minimum atomic E-state index is -1.30. The Balaban J connectivity index is 0.00000220. The number of allylic oxidation sites excluding steroid dienone is 8. The molecule has 2 atom stereocenters. The molecule has 122 valence electrons. The molecule has 0 nitrogen and oxygen atoms in total. The van der Waals surface area contributed by atoms with Crippen LogP contribution in [0.4, 0.5) is 0 Å². The van der Waals surface area contributed by atoms with Crippen molar-refractivity contribution >= 4 is 6.19 Å². The quantitative estimate of drug-likeness (QED) is 0.563. The molecule has 0 fully saturated rings. The van der Waals surface area contributed by atoms with Crippen LogP contribution in [0, 0.1) is 11.8 Å². The first kappa shape index (κ1) is 22.5. The van der Waals surface area contributed by atoms with E-state index in [4.69, 9.17) is 0 Å². The molecule has 0 amide bonds. The minimum absolute atomic E-state index is 0. The molecule has 2 aliphatic rings. The molecule has 4 heteroatoms. The van der Waals surface area contributed by atoms with Gasteiger partial charge in [-0.1, -0.05) is 0 Å². The molecule has 0 aromatic heterocycles. The van der Waals surface area contributed by atoms with Gasteiger partial charge in [-0.25, -0.2) is 0 Å². The second-order valence-electron chi connectivity index (χ2n) is 6.73. The topological polar surface area (TPSA) is 0 Å². The summed E-state index contributed by atoms with van der Waals surface area (Å²) in [5.41, 5.74) is 6.34. The Morgan fingerprint density at radius 3 is 1.27 bits per heavy atom. The van der Waals surface area contributed by atoms with Crippen LogP contribution in [0.2, 0.25) is 13.1 Å². The van der Waals surface area contributed by atoms with Gasteiger partial charge in [0.2, 0.25) is 0 Å². The minimum Gasteiger partial charge on any atom is -1.00 e. The Kier molecular flexibility index (Phi) is 8.72. The van der Waals surface area contributed by atoms with Gasteiger partial charge in [0, 0.05) is 0 Å². The van der Waals surface area contributed by atoms with Crippen LogP contribution in [0.15, 0.2) is 42.2 Å². The molecular weight excluding hydrogens is 363 g/mol. The number of hydrogen-bond acceptors (Lipinski definition) is 0. The van der Waals surface area contributed by atoms with Crippen LogP contribution in [-0.4, -0.2) is 6.19 Å². The summed E-state index contributed by atoms with van der Waals surface area (Å²) in [5, 5.41) is 0. The maximum Gasteiger partial charge on any atom is -1.00 e. The summed E-state index contributed by atoms with van der Waals surface area (Å²) < 4.78 is 3.76. The van der Waals surface area contributed by atoms with E-state index in [2.05, 4.69) is 66.8 Å². The van der Waals surface area contributed by atoms with E-state index in [1.165, 1.54) is 11.1 Å². The zero-order valence-electron chi connectivity index (χ0n) is 15.1. The summed E-state index contributed by atoms with van der Waals surface area (Å²) in [7, 11) is 0. The van der Waals surface area contributed by atoms with E-state index in [-0.39, 0.29) is 31.0 Å². The van der Waals surface area contributed by atoms with Crippen LogP contribution in [0.25, 0.3) is 0 Å². The van der Waals surface area contributed by atoms with Crippen molar-refractivity contribution in [2.24, 2.45) is 11.8 Å². The molecule has 0 aromatic carbocycles. The summed E-state index contributed by atoms with van der Waals surface area (Å²) >= 11 is -1.30. The fraction of sp³-hybridized carbons (Fsp3) is 0.556. The van der Waals surface area contributed by atoms with Crippen molar-refractivity contribution < 1.29 is 41.4 Å². The molecular formula is C18H28Cl2SiTi. The largest absolute Gasteiger partial charge is 1.00 e. The SMILES string of the molecule is CC1=CC(C)[C]([Ti+2]([C]2=C(C)C(C)=CC2C)=[Si](C)C)=C1C.[Cl-].[Cl-]. The van der Waals surface area contributed by atoms with Crippen molar-refractivity contribution in [1.29, 1.82) is 0 Å². The summed E-state index contributed by atoms with van der Waals surface area (Å²) in [6.07, 6.45) is 4.77. The van der Waals surface area contributed by atoms with Crippen molar-refractivity contribution in [2.45, 2.75) is 54.6 Å². The Hall–Kier alpha value is 0.471. The van der Waals surface area contributed by atoms with Crippen molar-refractivity contribution in [2.75, 3.05) is 0 Å². The fourth-order valence-corrected chi connectivity index (χ4v) is 17.3. The first-order chi connectivity index (χ1) is 9.25. The van der Waals surface area contributed by atoms with Gasteiger partial charge in [-0.05, 0) is 0 Å². The van der Waals surface area contributed by atoms with Gasteiger partial charge < -0.3 is 24.8 Å². The maximum atomic E-state index is 2.56. The molecule has 0 radical (unpaired) electrons. The van der Waals surface area contributed by atoms with Crippen molar-refractivity contribution in [3.63, 3.8) is 0 Å². The molecule has 2 aliphatic carbocycles. The first-order valence-electron chi connectivity index (χ1n) is 7.73. The van der Waals surface area contributed by atoms with E-state index < -0.39 is 16.6 Å². The van der Waals surface area contributed by atoms with Gasteiger partial charge >= 0.3 is 131 Å². The molecule has 0 saturated heterocycles. The van der Waals surface area contributed by atoms with Crippen molar-refractivity contribution in [3.05, 3.63) is 42.2 Å². The zero-order valence-corrected chi connectivity index (χ0v) is 19.1. The van der Waals surface area contributed by atoms with E-state index in [0.717, 1.165) is 0 Å². The van der Waals surface area contributed by atoms with Crippen LogP contribution in [0.1, 0.15) is 41.5 Å². The summed E-state index contributed by atoms with van der Waals surface area (Å²) in [5.74, 6) is 1.39. The standard InChI is InChI=1S/2C8H11.C2H6Si.2ClH.Ti/c2*1-6-4-7(2)8(3)5-6;1-3-2;;;/h2*4,6H,1-3H3;1-2H3;2*1H;/q;;;;;+2/p-2. The number of hydrogen-bond donors (Lipinski definition) is 0. The van der Waals surface area contributed by atoms with Gasteiger partial charge in [-0.15, -0.1) is 0 Å². The van der Waals surface area contributed by atoms with Crippen LogP contribution in [0.3, 0.4) is 0 Å². The van der Waals surface area contributed by atoms with Crippen LogP contribution < -0.4 is 24.8 Å². The Labute approximate surface area is 155 Å². The summed E-state index contributed by atoms with van der Waals surface area (Å²) in [6, 6.07) is 0. The monoisotopic (exact) mass is 390 g/mol. The Morgan fingerprint density at radius 2 is 1.09 bits per heavy atom. The van der Waals surface area contributed by atoms with Gasteiger partial charge in [0.1, 0.15) is 0 Å². The summed E-state index contributed by atoms with van der Waals surface area (Å²) in [6.45, 7) is 19.3. The predicted octanol–water partition coefficient (Wildman–Crippen LogP) is -0.396. The fourth-order valence-electron chi connectivity index (χ4n) is 3.79. The van der Waals surface area contributed by atoms with E-state index in [9.17, 15) is 0 Å². The third-order valence-corrected chi connectivity index (χ3v) is 17.1. The average Bonchev–Trinajstić information content (AvgIpc) is 2.72. The Morgan fingerprint density at radius 1 is 0.773 bits per heavy atom. The molecule has 0 saturated carbocycles. The van der Waals surface area contributed by atoms with Gasteiger partial charge in [0.15, 0.2) is 0 Å². The molecule has 2 rings (SSSR count). The van der Waals surface area contributed by atoms with Crippen LogP contribution >= 0.6 is 0 Å². The van der Waals surface area contributed by atoms with Crippen LogP contribution in [-0.2, 0) is 16.6 Å². The van der Waals surface area contributed by atoms with E-state index >= 15 is 0 Å². The first-order valence-corrected chi connectivity index (χ1v) is 14.1. The molecule has 0 spiro atoms. The average molecular weight is 391 g/mol. The maximum absolute atomic E-state index is 2.56. The van der Waals surface area contributed by atoms with Gasteiger partial charge in [0.05, 0.1) is 0 Å². The Bertz CT molecular complexity index is 569. The third kappa shape index (κ3) is 3.92. The molecule has 0 N–H and O–H groups in total. The zero-order chi connectivity index (χ0) is 15.2. The van der Waals surface area contributed by atoms with E-state index in [0.29, 0.717) is 11.8 Å². The summed E-state index contributed by atoms with van der Waals surface area (Å²) in [4.78, 5) is 0. The molecule has 2 unspecified atom stereocenters. The molecule has 22 heavy (non-hydrogen) atoms. The smallest absolute Gasteiger partial charge is 1.00 e. The van der Waals surface area contributed by atoms with Crippen molar-refractivity contribution in [3.8, 4) is 0 Å². The normalized spacial score (nSPS) is 23.4. The second kappa shape index (κ2) is 8.53. The third-order valence-electron chi connectivity index (χ3n) is 4.94. The van der Waals surface area contributed by atoms with Gasteiger partial charge in [0.25, 0.3) is 0 Å². The molecule has 0 aromatic rings.